The summed E-state index contributed by atoms with van der Waals surface area (Å²) in [6, 6.07) is 5.48. The largest absolute Gasteiger partial charge is 0.461 e. The zero-order chi connectivity index (χ0) is 17.6. The van der Waals surface area contributed by atoms with Gasteiger partial charge in [0.1, 0.15) is 23.7 Å². The fraction of sp³-hybridized carbons (Fsp3) is 0.471. The van der Waals surface area contributed by atoms with E-state index >= 15 is 0 Å². The summed E-state index contributed by atoms with van der Waals surface area (Å²) < 4.78 is 19.4. The van der Waals surface area contributed by atoms with E-state index in [-0.39, 0.29) is 12.5 Å². The second-order valence-corrected chi connectivity index (χ2v) is 6.46. The number of hydrogen-bond donors (Lipinski definition) is 1. The molecular weight excluding hydrogens is 315 g/mol. The van der Waals surface area contributed by atoms with Crippen molar-refractivity contribution in [3.8, 4) is 0 Å². The van der Waals surface area contributed by atoms with E-state index in [4.69, 9.17) is 4.74 Å². The zero-order valence-electron chi connectivity index (χ0n) is 13.8. The van der Waals surface area contributed by atoms with Crippen molar-refractivity contribution in [2.24, 2.45) is 11.8 Å². The minimum atomic E-state index is -1.26. The maximum Gasteiger partial charge on any atom is 0.368 e. The Morgan fingerprint density at radius 3 is 2.62 bits per heavy atom. The summed E-state index contributed by atoms with van der Waals surface area (Å²) in [5, 5.41) is 1.61. The van der Waals surface area contributed by atoms with Gasteiger partial charge in [-0.15, -0.1) is 0 Å². The molecule has 7 heteroatoms. The number of quaternary nitrogens is 1. The number of carbonyl (C=O) groups excluding carboxylic acids is 3. The van der Waals surface area contributed by atoms with E-state index in [9.17, 15) is 18.8 Å². The van der Waals surface area contributed by atoms with Gasteiger partial charge in [-0.3, -0.25) is 14.5 Å². The standard InChI is InChI=1S/C17H19FN2O4/c1-4-24-16(23)17(2)12-11(14(21)20(3)15(12)22)13(19-17)9-7-5-6-8-10(9)18/h5-8,11-13,19H,4H2,1-3H3/p+1/t11-,12-,13-,17-/m0/s1. The number of ether oxygens (including phenoxy) is 1. The van der Waals surface area contributed by atoms with Crippen LogP contribution in [0.15, 0.2) is 24.3 Å². The normalized spacial score (nSPS) is 32.2. The number of rotatable bonds is 3. The van der Waals surface area contributed by atoms with Gasteiger partial charge in [0.15, 0.2) is 0 Å². The Labute approximate surface area is 139 Å². The molecule has 4 atom stereocenters. The van der Waals surface area contributed by atoms with Crippen LogP contribution in [0.25, 0.3) is 0 Å². The molecule has 0 aromatic heterocycles. The molecule has 1 aromatic carbocycles. The van der Waals surface area contributed by atoms with Crippen LogP contribution in [0.2, 0.25) is 0 Å². The Kier molecular flexibility index (Phi) is 3.91. The van der Waals surface area contributed by atoms with E-state index in [1.54, 1.807) is 37.4 Å². The van der Waals surface area contributed by atoms with Gasteiger partial charge in [-0.05, 0) is 13.0 Å². The Morgan fingerprint density at radius 2 is 2.00 bits per heavy atom. The first kappa shape index (κ1) is 16.6. The lowest BCUT2D eigenvalue weighted by Gasteiger charge is -2.25. The summed E-state index contributed by atoms with van der Waals surface area (Å²) in [4.78, 5) is 38.7. The number of nitrogens with two attached hydrogens (primary N) is 1. The molecule has 24 heavy (non-hydrogen) atoms. The van der Waals surface area contributed by atoms with Gasteiger partial charge in [0.2, 0.25) is 17.4 Å². The first-order valence-corrected chi connectivity index (χ1v) is 7.92. The highest BCUT2D eigenvalue weighted by Gasteiger charge is 2.70. The molecule has 0 spiro atoms. The monoisotopic (exact) mass is 335 g/mol. The molecular formula is C17H20FN2O4+. The number of esters is 1. The first-order valence-electron chi connectivity index (χ1n) is 7.92. The van der Waals surface area contributed by atoms with Gasteiger partial charge >= 0.3 is 5.97 Å². The van der Waals surface area contributed by atoms with Crippen molar-refractivity contribution in [2.75, 3.05) is 13.7 Å². The average Bonchev–Trinajstić information content (AvgIpc) is 2.98. The Balaban J connectivity index is 2.10. The summed E-state index contributed by atoms with van der Waals surface area (Å²) in [5.41, 5.74) is -0.942. The van der Waals surface area contributed by atoms with Gasteiger partial charge in [0.05, 0.1) is 6.61 Å². The smallest absolute Gasteiger partial charge is 0.368 e. The number of halogens is 1. The predicted octanol–water partition coefficient (Wildman–Crippen LogP) is -0.00340. The van der Waals surface area contributed by atoms with Crippen molar-refractivity contribution in [3.05, 3.63) is 35.6 Å². The van der Waals surface area contributed by atoms with Crippen molar-refractivity contribution >= 4 is 17.8 Å². The molecule has 2 amide bonds. The van der Waals surface area contributed by atoms with E-state index in [0.29, 0.717) is 5.56 Å². The van der Waals surface area contributed by atoms with Crippen LogP contribution in [0.1, 0.15) is 25.5 Å². The second-order valence-electron chi connectivity index (χ2n) is 6.46. The molecule has 0 unspecified atom stereocenters. The number of hydrogen-bond acceptors (Lipinski definition) is 4. The molecule has 2 N–H and O–H groups in total. The molecule has 1 aromatic rings. The Bertz CT molecular complexity index is 722. The Morgan fingerprint density at radius 1 is 1.33 bits per heavy atom. The second kappa shape index (κ2) is 5.66. The molecule has 2 saturated heterocycles. The minimum Gasteiger partial charge on any atom is -0.461 e. The van der Waals surface area contributed by atoms with Crippen molar-refractivity contribution in [1.29, 1.82) is 0 Å². The van der Waals surface area contributed by atoms with Crippen molar-refractivity contribution in [3.63, 3.8) is 0 Å². The number of nitrogens with zero attached hydrogens (tertiary/aromatic N) is 1. The maximum atomic E-state index is 14.3. The molecule has 2 heterocycles. The van der Waals surface area contributed by atoms with Gasteiger partial charge < -0.3 is 10.1 Å². The number of carbonyl (C=O) groups is 3. The maximum absolute atomic E-state index is 14.3. The fourth-order valence-electron chi connectivity index (χ4n) is 3.92. The lowest BCUT2D eigenvalue weighted by Crippen LogP contribution is -2.97. The predicted molar refractivity (Wildman–Crippen MR) is 80.9 cm³/mol. The van der Waals surface area contributed by atoms with Gasteiger partial charge in [0.25, 0.3) is 0 Å². The third kappa shape index (κ3) is 2.15. The molecule has 2 aliphatic rings. The fourth-order valence-corrected chi connectivity index (χ4v) is 3.92. The summed E-state index contributed by atoms with van der Waals surface area (Å²) in [6.45, 7) is 3.44. The van der Waals surface area contributed by atoms with E-state index in [0.717, 1.165) is 4.90 Å². The van der Waals surface area contributed by atoms with Crippen LogP contribution in [-0.2, 0) is 19.1 Å². The van der Waals surface area contributed by atoms with Gasteiger partial charge in [-0.2, -0.15) is 0 Å². The number of fused-ring (bicyclic) bond motifs is 1. The van der Waals surface area contributed by atoms with Crippen molar-refractivity contribution in [1.82, 2.24) is 4.90 Å². The van der Waals surface area contributed by atoms with E-state index in [1.165, 1.54) is 13.1 Å². The van der Waals surface area contributed by atoms with Gasteiger partial charge in [-0.1, -0.05) is 18.2 Å². The van der Waals surface area contributed by atoms with Crippen molar-refractivity contribution in [2.45, 2.75) is 25.4 Å². The van der Waals surface area contributed by atoms with Crippen LogP contribution < -0.4 is 5.32 Å². The van der Waals surface area contributed by atoms with Crippen LogP contribution in [0.5, 0.6) is 0 Å². The Hall–Kier alpha value is -2.28. The van der Waals surface area contributed by atoms with E-state index < -0.39 is 41.1 Å². The number of likely N-dealkylation sites (tertiary alicyclic amines) is 1. The highest BCUT2D eigenvalue weighted by molar-refractivity contribution is 6.08. The summed E-state index contributed by atoms with van der Waals surface area (Å²) in [6.07, 6.45) is 0. The lowest BCUT2D eigenvalue weighted by atomic mass is 9.80. The zero-order valence-corrected chi connectivity index (χ0v) is 13.8. The highest BCUT2D eigenvalue weighted by Crippen LogP contribution is 2.44. The first-order chi connectivity index (χ1) is 11.3. The highest BCUT2D eigenvalue weighted by atomic mass is 19.1. The summed E-state index contributed by atoms with van der Waals surface area (Å²) in [7, 11) is 1.40. The molecule has 2 fully saturated rings. The van der Waals surface area contributed by atoms with Crippen LogP contribution in [0.3, 0.4) is 0 Å². The lowest BCUT2D eigenvalue weighted by molar-refractivity contribution is -0.731. The number of amides is 2. The molecule has 2 aliphatic heterocycles. The summed E-state index contributed by atoms with van der Waals surface area (Å²) in [5.74, 6) is -3.47. The molecule has 0 aliphatic carbocycles. The SMILES string of the molecule is CCOC(=O)[C@@]1(C)[NH2+][C@@H](c2ccccc2F)[C@H]2C(=O)N(C)C(=O)[C@H]21. The van der Waals surface area contributed by atoms with E-state index in [2.05, 4.69) is 0 Å². The van der Waals surface area contributed by atoms with Crippen molar-refractivity contribution < 1.29 is 28.8 Å². The van der Waals surface area contributed by atoms with Crippen LogP contribution >= 0.6 is 0 Å². The number of imide groups is 1. The summed E-state index contributed by atoms with van der Waals surface area (Å²) >= 11 is 0. The van der Waals surface area contributed by atoms with Gasteiger partial charge in [-0.25, -0.2) is 9.18 Å². The quantitative estimate of drug-likeness (QED) is 0.623. The molecule has 0 radical (unpaired) electrons. The molecule has 3 rings (SSSR count). The molecule has 0 bridgehead atoms. The van der Waals surface area contributed by atoms with E-state index in [1.807, 2.05) is 0 Å². The molecule has 128 valence electrons. The molecule has 0 saturated carbocycles. The topological polar surface area (TPSA) is 80.3 Å². The van der Waals surface area contributed by atoms with Gasteiger partial charge in [0, 0.05) is 19.5 Å². The van der Waals surface area contributed by atoms with Crippen LogP contribution in [0, 0.1) is 17.7 Å². The molecule has 6 nitrogen and oxygen atoms in total. The average molecular weight is 335 g/mol. The minimum absolute atomic E-state index is 0.169. The van der Waals surface area contributed by atoms with Crippen LogP contribution in [-0.4, -0.2) is 41.9 Å². The third-order valence-electron chi connectivity index (χ3n) is 5.11. The van der Waals surface area contributed by atoms with Crippen LogP contribution in [0.4, 0.5) is 4.39 Å². The number of benzene rings is 1. The third-order valence-corrected chi connectivity index (χ3v) is 5.11.